The van der Waals surface area contributed by atoms with E-state index in [1.54, 1.807) is 0 Å². The molecule has 98 valence electrons. The van der Waals surface area contributed by atoms with E-state index in [1.165, 1.54) is 77.2 Å². The Morgan fingerprint density at radius 2 is 1.19 bits per heavy atom. The van der Waals surface area contributed by atoms with Crippen LogP contribution in [0.5, 0.6) is 0 Å². The Hall–Kier alpha value is 0.390. The summed E-state index contributed by atoms with van der Waals surface area (Å²) in [6.07, 6.45) is 12.3. The van der Waals surface area contributed by atoms with Crippen molar-refractivity contribution >= 4 is 9.24 Å². The van der Waals surface area contributed by atoms with Gasteiger partial charge in [-0.1, -0.05) is 39.5 Å². The average molecular weight is 245 g/mol. The molecule has 0 aromatic heterocycles. The molecular formula is C14H32NP. The molecule has 0 aromatic carbocycles. The van der Waals surface area contributed by atoms with Gasteiger partial charge in [-0.05, 0) is 51.5 Å². The van der Waals surface area contributed by atoms with Crippen molar-refractivity contribution in [2.75, 3.05) is 25.8 Å². The average Bonchev–Trinajstić information content (AvgIpc) is 2.31. The molecule has 0 spiro atoms. The van der Waals surface area contributed by atoms with E-state index >= 15 is 0 Å². The van der Waals surface area contributed by atoms with E-state index in [-0.39, 0.29) is 0 Å². The van der Waals surface area contributed by atoms with Crippen molar-refractivity contribution in [2.45, 2.75) is 65.2 Å². The van der Waals surface area contributed by atoms with Gasteiger partial charge in [0.15, 0.2) is 0 Å². The smallest absolute Gasteiger partial charge is 0.00187 e. The van der Waals surface area contributed by atoms with Crippen molar-refractivity contribution in [3.63, 3.8) is 0 Å². The predicted molar refractivity (Wildman–Crippen MR) is 79.3 cm³/mol. The van der Waals surface area contributed by atoms with Gasteiger partial charge in [0.2, 0.25) is 0 Å². The Labute approximate surface area is 106 Å². The molecular weight excluding hydrogens is 213 g/mol. The lowest BCUT2D eigenvalue weighted by atomic mass is 10.2. The van der Waals surface area contributed by atoms with Gasteiger partial charge >= 0.3 is 0 Å². The van der Waals surface area contributed by atoms with E-state index < -0.39 is 0 Å². The van der Waals surface area contributed by atoms with Gasteiger partial charge in [0, 0.05) is 0 Å². The Morgan fingerprint density at radius 1 is 0.688 bits per heavy atom. The van der Waals surface area contributed by atoms with E-state index in [0.29, 0.717) is 0 Å². The zero-order valence-corrected chi connectivity index (χ0v) is 12.7. The molecule has 0 saturated carbocycles. The van der Waals surface area contributed by atoms with Gasteiger partial charge in [-0.2, -0.15) is 0 Å². The van der Waals surface area contributed by atoms with Gasteiger partial charge in [-0.25, -0.2) is 0 Å². The zero-order valence-electron chi connectivity index (χ0n) is 11.5. The van der Waals surface area contributed by atoms with Crippen LogP contribution in [0.4, 0.5) is 0 Å². The molecule has 0 aliphatic carbocycles. The summed E-state index contributed by atoms with van der Waals surface area (Å²) < 4.78 is 0. The van der Waals surface area contributed by atoms with Crippen LogP contribution in [0.15, 0.2) is 0 Å². The Bertz CT molecular complexity index is 120. The van der Waals surface area contributed by atoms with Crippen LogP contribution in [0, 0.1) is 0 Å². The third kappa shape index (κ3) is 10.9. The van der Waals surface area contributed by atoms with Gasteiger partial charge in [-0.3, -0.25) is 0 Å². The fraction of sp³-hybridized carbons (Fsp3) is 1.00. The van der Waals surface area contributed by atoms with Crippen LogP contribution in [0.3, 0.4) is 0 Å². The molecule has 0 radical (unpaired) electrons. The highest BCUT2D eigenvalue weighted by atomic mass is 31.0. The molecule has 0 amide bonds. The van der Waals surface area contributed by atoms with Gasteiger partial charge in [-0.15, -0.1) is 9.24 Å². The fourth-order valence-electron chi connectivity index (χ4n) is 1.93. The fourth-order valence-corrected chi connectivity index (χ4v) is 2.22. The second-order valence-electron chi connectivity index (χ2n) is 4.75. The van der Waals surface area contributed by atoms with Crippen molar-refractivity contribution < 1.29 is 0 Å². The molecule has 1 atom stereocenters. The van der Waals surface area contributed by atoms with Crippen LogP contribution in [0.25, 0.3) is 0 Å². The summed E-state index contributed by atoms with van der Waals surface area (Å²) in [5, 5.41) is 0. The van der Waals surface area contributed by atoms with E-state index in [1.807, 2.05) is 0 Å². The number of hydrogen-bond acceptors (Lipinski definition) is 1. The maximum Gasteiger partial charge on any atom is -0.00187 e. The summed E-state index contributed by atoms with van der Waals surface area (Å²) in [5.41, 5.74) is 0. The van der Waals surface area contributed by atoms with Crippen molar-refractivity contribution in [1.82, 2.24) is 4.90 Å². The minimum Gasteiger partial charge on any atom is -0.303 e. The first-order valence-electron chi connectivity index (χ1n) is 7.27. The molecule has 0 aliphatic heterocycles. The lowest BCUT2D eigenvalue weighted by molar-refractivity contribution is 0.259. The molecule has 1 unspecified atom stereocenters. The van der Waals surface area contributed by atoms with Crippen molar-refractivity contribution in [1.29, 1.82) is 0 Å². The monoisotopic (exact) mass is 245 g/mol. The van der Waals surface area contributed by atoms with Crippen LogP contribution >= 0.6 is 9.24 Å². The summed E-state index contributed by atoms with van der Waals surface area (Å²) in [7, 11) is 2.82. The Kier molecular flexibility index (Phi) is 13.8. The first kappa shape index (κ1) is 16.4. The van der Waals surface area contributed by atoms with Crippen molar-refractivity contribution in [3.05, 3.63) is 0 Å². The quantitative estimate of drug-likeness (QED) is 0.365. The number of hydrogen-bond donors (Lipinski definition) is 0. The first-order chi connectivity index (χ1) is 7.85. The minimum atomic E-state index is 1.27. The minimum absolute atomic E-state index is 1.27. The second kappa shape index (κ2) is 13.5. The normalized spacial score (nSPS) is 11.2. The zero-order chi connectivity index (χ0) is 12.1. The van der Waals surface area contributed by atoms with E-state index in [0.717, 1.165) is 0 Å². The first-order valence-corrected chi connectivity index (χ1v) is 8.09. The van der Waals surface area contributed by atoms with Crippen LogP contribution in [0.1, 0.15) is 65.2 Å². The predicted octanol–water partition coefficient (Wildman–Crippen LogP) is 4.32. The molecule has 2 heteroatoms. The molecule has 0 fully saturated rings. The molecule has 16 heavy (non-hydrogen) atoms. The topological polar surface area (TPSA) is 3.24 Å². The third-order valence-corrected chi connectivity index (χ3v) is 3.49. The summed E-state index contributed by atoms with van der Waals surface area (Å²) in [6.45, 7) is 8.55. The molecule has 1 nitrogen and oxygen atoms in total. The Balaban J connectivity index is 3.48. The lowest BCUT2D eigenvalue weighted by Gasteiger charge is -2.21. The largest absolute Gasteiger partial charge is 0.303 e. The van der Waals surface area contributed by atoms with Gasteiger partial charge in [0.05, 0.1) is 0 Å². The molecule has 0 aromatic rings. The second-order valence-corrected chi connectivity index (χ2v) is 5.33. The molecule has 0 rings (SSSR count). The van der Waals surface area contributed by atoms with E-state index in [4.69, 9.17) is 0 Å². The highest BCUT2D eigenvalue weighted by Crippen LogP contribution is 2.06. The highest BCUT2D eigenvalue weighted by molar-refractivity contribution is 7.16. The summed E-state index contributed by atoms with van der Waals surface area (Å²) in [5.74, 6) is 0. The standard InChI is InChI=1S/C14H32NP/c1-3-5-11-15(12-6-4-2)13-9-7-8-10-14-16/h3-14,16H2,1-2H3. The van der Waals surface area contributed by atoms with Gasteiger partial charge in [0.1, 0.15) is 0 Å². The highest BCUT2D eigenvalue weighted by Gasteiger charge is 2.02. The molecule has 0 saturated heterocycles. The van der Waals surface area contributed by atoms with Crippen LogP contribution in [-0.2, 0) is 0 Å². The summed E-state index contributed by atoms with van der Waals surface area (Å²) >= 11 is 0. The van der Waals surface area contributed by atoms with Gasteiger partial charge < -0.3 is 4.90 Å². The van der Waals surface area contributed by atoms with Crippen molar-refractivity contribution in [3.8, 4) is 0 Å². The van der Waals surface area contributed by atoms with E-state index in [9.17, 15) is 0 Å². The van der Waals surface area contributed by atoms with Crippen LogP contribution in [-0.4, -0.2) is 30.7 Å². The number of unbranched alkanes of at least 4 members (excludes halogenated alkanes) is 5. The van der Waals surface area contributed by atoms with Gasteiger partial charge in [0.25, 0.3) is 0 Å². The number of nitrogens with zero attached hydrogens (tertiary/aromatic N) is 1. The maximum absolute atomic E-state index is 2.82. The molecule has 0 heterocycles. The van der Waals surface area contributed by atoms with Crippen LogP contribution < -0.4 is 0 Å². The van der Waals surface area contributed by atoms with Crippen LogP contribution in [0.2, 0.25) is 0 Å². The third-order valence-electron chi connectivity index (χ3n) is 3.08. The van der Waals surface area contributed by atoms with Crippen molar-refractivity contribution in [2.24, 2.45) is 0 Å². The summed E-state index contributed by atoms with van der Waals surface area (Å²) in [4.78, 5) is 2.67. The Morgan fingerprint density at radius 3 is 1.69 bits per heavy atom. The number of rotatable bonds is 12. The molecule has 0 bridgehead atoms. The summed E-state index contributed by atoms with van der Waals surface area (Å²) in [6, 6.07) is 0. The maximum atomic E-state index is 2.82. The van der Waals surface area contributed by atoms with E-state index in [2.05, 4.69) is 28.0 Å². The SMILES string of the molecule is CCCCN(CCCC)CCCCCCP. The molecule has 0 N–H and O–H groups in total. The molecule has 0 aliphatic rings. The lowest BCUT2D eigenvalue weighted by Crippen LogP contribution is -2.27.